The molecule has 1 aliphatic rings. The van der Waals surface area contributed by atoms with Crippen molar-refractivity contribution in [2.45, 2.75) is 44.6 Å². The van der Waals surface area contributed by atoms with Gasteiger partial charge in [0.2, 0.25) is 5.91 Å². The van der Waals surface area contributed by atoms with E-state index in [2.05, 4.69) is 11.4 Å². The number of nitrogens with one attached hydrogen (secondary N) is 1. The van der Waals surface area contributed by atoms with Gasteiger partial charge in [-0.1, -0.05) is 49.1 Å². The molecule has 106 valence electrons. The molecule has 1 aromatic carbocycles. The maximum atomic E-state index is 12.1. The van der Waals surface area contributed by atoms with Gasteiger partial charge in [0.15, 0.2) is 0 Å². The van der Waals surface area contributed by atoms with E-state index in [9.17, 15) is 4.79 Å². The third-order valence-corrected chi connectivity index (χ3v) is 5.61. The minimum absolute atomic E-state index is 0.102. The van der Waals surface area contributed by atoms with Crippen LogP contribution >= 0.6 is 22.9 Å². The van der Waals surface area contributed by atoms with Gasteiger partial charge in [-0.2, -0.15) is 0 Å². The van der Waals surface area contributed by atoms with Crippen LogP contribution in [0.2, 0.25) is 5.02 Å². The van der Waals surface area contributed by atoms with Crippen LogP contribution in [-0.4, -0.2) is 11.9 Å². The molecule has 1 N–H and O–H groups in total. The second-order valence-electron chi connectivity index (χ2n) is 5.41. The number of hydrogen-bond acceptors (Lipinski definition) is 2. The molecule has 0 aliphatic heterocycles. The van der Waals surface area contributed by atoms with Crippen LogP contribution in [0.25, 0.3) is 10.1 Å². The Balaban J connectivity index is 1.69. The van der Waals surface area contributed by atoms with Gasteiger partial charge in [-0.3, -0.25) is 4.79 Å². The highest BCUT2D eigenvalue weighted by Crippen LogP contribution is 2.35. The topological polar surface area (TPSA) is 29.1 Å². The first-order valence-corrected chi connectivity index (χ1v) is 8.39. The Morgan fingerprint density at radius 2 is 2.00 bits per heavy atom. The molecule has 2 nitrogen and oxygen atoms in total. The quantitative estimate of drug-likeness (QED) is 0.886. The Labute approximate surface area is 128 Å². The monoisotopic (exact) mass is 307 g/mol. The van der Waals surface area contributed by atoms with Crippen LogP contribution in [0.4, 0.5) is 0 Å². The summed E-state index contributed by atoms with van der Waals surface area (Å²) in [6, 6.07) is 8.41. The molecule has 4 heteroatoms. The number of hydrogen-bond donors (Lipinski definition) is 1. The Morgan fingerprint density at radius 1 is 1.25 bits per heavy atom. The molecule has 0 spiro atoms. The largest absolute Gasteiger partial charge is 0.353 e. The number of thiophene rings is 1. The summed E-state index contributed by atoms with van der Waals surface area (Å²) in [5.41, 5.74) is 0. The Morgan fingerprint density at radius 3 is 2.75 bits per heavy atom. The molecule has 0 atom stereocenters. The lowest BCUT2D eigenvalue weighted by atomic mass is 9.95. The average Bonchev–Trinajstić information content (AvgIpc) is 2.77. The SMILES string of the molecule is O=C(Cc1sc2ccccc2c1Cl)NC1CCCCC1. The molecule has 0 bridgehead atoms. The van der Waals surface area contributed by atoms with Crippen molar-refractivity contribution in [2.75, 3.05) is 0 Å². The van der Waals surface area contributed by atoms with Gasteiger partial charge in [-0.05, 0) is 18.9 Å². The maximum absolute atomic E-state index is 12.1. The first-order chi connectivity index (χ1) is 9.74. The van der Waals surface area contributed by atoms with Gasteiger partial charge < -0.3 is 5.32 Å². The second-order valence-corrected chi connectivity index (χ2v) is 6.93. The maximum Gasteiger partial charge on any atom is 0.225 e. The van der Waals surface area contributed by atoms with E-state index in [1.807, 2.05) is 18.2 Å². The van der Waals surface area contributed by atoms with Crippen molar-refractivity contribution in [3.05, 3.63) is 34.2 Å². The molecule has 1 heterocycles. The summed E-state index contributed by atoms with van der Waals surface area (Å²) in [6.07, 6.45) is 6.39. The van der Waals surface area contributed by atoms with Crippen LogP contribution in [0.15, 0.2) is 24.3 Å². The molecule has 0 saturated heterocycles. The van der Waals surface area contributed by atoms with Crippen molar-refractivity contribution in [3.63, 3.8) is 0 Å². The fourth-order valence-corrected chi connectivity index (χ4v) is 4.35. The van der Waals surface area contributed by atoms with E-state index in [1.165, 1.54) is 19.3 Å². The van der Waals surface area contributed by atoms with Gasteiger partial charge in [-0.25, -0.2) is 0 Å². The molecule has 1 amide bonds. The number of halogens is 1. The molecule has 1 aromatic heterocycles. The van der Waals surface area contributed by atoms with Crippen LogP contribution in [0.3, 0.4) is 0 Å². The fraction of sp³-hybridized carbons (Fsp3) is 0.438. The smallest absolute Gasteiger partial charge is 0.225 e. The number of fused-ring (bicyclic) bond motifs is 1. The lowest BCUT2D eigenvalue weighted by Gasteiger charge is -2.22. The second kappa shape index (κ2) is 6.15. The van der Waals surface area contributed by atoms with Gasteiger partial charge in [0.25, 0.3) is 0 Å². The van der Waals surface area contributed by atoms with E-state index in [1.54, 1.807) is 11.3 Å². The zero-order valence-corrected chi connectivity index (χ0v) is 12.9. The van der Waals surface area contributed by atoms with Gasteiger partial charge in [0.1, 0.15) is 0 Å². The molecular weight excluding hydrogens is 290 g/mol. The number of amides is 1. The highest BCUT2D eigenvalue weighted by Gasteiger charge is 2.18. The Kier molecular flexibility index (Phi) is 4.27. The van der Waals surface area contributed by atoms with E-state index < -0.39 is 0 Å². The molecule has 0 radical (unpaired) electrons. The molecule has 1 saturated carbocycles. The highest BCUT2D eigenvalue weighted by molar-refractivity contribution is 7.19. The van der Waals surface area contributed by atoms with Crippen LogP contribution in [0.5, 0.6) is 0 Å². The molecule has 1 aliphatic carbocycles. The van der Waals surface area contributed by atoms with Crippen LogP contribution in [-0.2, 0) is 11.2 Å². The van der Waals surface area contributed by atoms with Crippen LogP contribution in [0, 0.1) is 0 Å². The number of benzene rings is 1. The van der Waals surface area contributed by atoms with Crippen molar-refractivity contribution in [1.29, 1.82) is 0 Å². The highest BCUT2D eigenvalue weighted by atomic mass is 35.5. The van der Waals surface area contributed by atoms with Gasteiger partial charge >= 0.3 is 0 Å². The zero-order chi connectivity index (χ0) is 13.9. The van der Waals surface area contributed by atoms with Crippen molar-refractivity contribution < 1.29 is 4.79 Å². The first kappa shape index (κ1) is 13.9. The first-order valence-electron chi connectivity index (χ1n) is 7.19. The van der Waals surface area contributed by atoms with Crippen LogP contribution < -0.4 is 5.32 Å². The fourth-order valence-electron chi connectivity index (χ4n) is 2.85. The number of carbonyl (C=O) groups is 1. The van der Waals surface area contributed by atoms with Crippen molar-refractivity contribution in [3.8, 4) is 0 Å². The summed E-state index contributed by atoms with van der Waals surface area (Å²) >= 11 is 8.00. The van der Waals surface area contributed by atoms with Crippen molar-refractivity contribution in [1.82, 2.24) is 5.32 Å². The Hall–Kier alpha value is -1.06. The van der Waals surface area contributed by atoms with Gasteiger partial charge in [-0.15, -0.1) is 11.3 Å². The minimum Gasteiger partial charge on any atom is -0.353 e. The number of carbonyl (C=O) groups excluding carboxylic acids is 1. The Bertz CT molecular complexity index is 616. The van der Waals surface area contributed by atoms with Crippen LogP contribution in [0.1, 0.15) is 37.0 Å². The summed E-state index contributed by atoms with van der Waals surface area (Å²) in [4.78, 5) is 13.1. The standard InChI is InChI=1S/C16H18ClNOS/c17-16-12-8-4-5-9-13(12)20-14(16)10-15(19)18-11-6-2-1-3-7-11/h4-5,8-9,11H,1-3,6-7,10H2,(H,18,19). The third-order valence-electron chi connectivity index (χ3n) is 3.89. The summed E-state index contributed by atoms with van der Waals surface area (Å²) in [5, 5.41) is 4.94. The number of rotatable bonds is 3. The summed E-state index contributed by atoms with van der Waals surface area (Å²) in [5.74, 6) is 0.102. The molecule has 2 aromatic rings. The van der Waals surface area contributed by atoms with E-state index in [0.29, 0.717) is 12.5 Å². The van der Waals surface area contributed by atoms with E-state index in [-0.39, 0.29) is 5.91 Å². The van der Waals surface area contributed by atoms with Gasteiger partial charge in [0.05, 0.1) is 11.4 Å². The third kappa shape index (κ3) is 2.99. The molecule has 1 fully saturated rings. The molecule has 20 heavy (non-hydrogen) atoms. The van der Waals surface area contributed by atoms with E-state index in [4.69, 9.17) is 11.6 Å². The molecule has 0 unspecified atom stereocenters. The lowest BCUT2D eigenvalue weighted by Crippen LogP contribution is -2.36. The normalized spacial score (nSPS) is 16.4. The molecule has 3 rings (SSSR count). The minimum atomic E-state index is 0.102. The molecular formula is C16H18ClNOS. The summed E-state index contributed by atoms with van der Waals surface area (Å²) in [7, 11) is 0. The van der Waals surface area contributed by atoms with Crippen molar-refractivity contribution >= 4 is 38.9 Å². The summed E-state index contributed by atoms with van der Waals surface area (Å²) in [6.45, 7) is 0. The summed E-state index contributed by atoms with van der Waals surface area (Å²) < 4.78 is 1.15. The zero-order valence-electron chi connectivity index (χ0n) is 11.3. The van der Waals surface area contributed by atoms with Gasteiger partial charge in [0, 0.05) is 21.0 Å². The predicted molar refractivity (Wildman–Crippen MR) is 85.6 cm³/mol. The van der Waals surface area contributed by atoms with E-state index in [0.717, 1.165) is 32.8 Å². The lowest BCUT2D eigenvalue weighted by molar-refractivity contribution is -0.121. The predicted octanol–water partition coefficient (Wildman–Crippen LogP) is 4.55. The van der Waals surface area contributed by atoms with E-state index >= 15 is 0 Å². The average molecular weight is 308 g/mol. The van der Waals surface area contributed by atoms with Crippen molar-refractivity contribution in [2.24, 2.45) is 0 Å².